The fourth-order valence-electron chi connectivity index (χ4n) is 2.85. The van der Waals surface area contributed by atoms with Crippen LogP contribution in [0.2, 0.25) is 0 Å². The van der Waals surface area contributed by atoms with Crippen LogP contribution >= 0.6 is 0 Å². The molecule has 0 radical (unpaired) electrons. The molecule has 3 rings (SSSR count). The van der Waals surface area contributed by atoms with Crippen molar-refractivity contribution < 1.29 is 14.7 Å². The lowest BCUT2D eigenvalue weighted by atomic mass is 9.85. The van der Waals surface area contributed by atoms with E-state index in [1.165, 1.54) is 0 Å². The highest BCUT2D eigenvalue weighted by molar-refractivity contribution is 6.03. The molecule has 1 aliphatic carbocycles. The van der Waals surface area contributed by atoms with Crippen molar-refractivity contribution in [1.82, 2.24) is 4.98 Å². The lowest BCUT2D eigenvalue weighted by molar-refractivity contribution is -0.121. The van der Waals surface area contributed by atoms with Gasteiger partial charge in [0.2, 0.25) is 0 Å². The average molecular weight is 269 g/mol. The van der Waals surface area contributed by atoms with Crippen LogP contribution in [0.25, 0.3) is 10.9 Å². The number of pyridine rings is 1. The highest BCUT2D eigenvalue weighted by atomic mass is 16.4. The molecule has 1 heterocycles. The fourth-order valence-corrected chi connectivity index (χ4v) is 2.85. The van der Waals surface area contributed by atoms with Gasteiger partial charge >= 0.3 is 5.97 Å². The van der Waals surface area contributed by atoms with Gasteiger partial charge in [-0.2, -0.15) is 0 Å². The van der Waals surface area contributed by atoms with Crippen LogP contribution in [-0.2, 0) is 4.79 Å². The smallest absolute Gasteiger partial charge is 0.336 e. The molecule has 4 heteroatoms. The van der Waals surface area contributed by atoms with Crippen molar-refractivity contribution >= 4 is 22.7 Å². The molecule has 4 nitrogen and oxygen atoms in total. The first-order chi connectivity index (χ1) is 9.66. The van der Waals surface area contributed by atoms with Gasteiger partial charge in [-0.25, -0.2) is 4.79 Å². The van der Waals surface area contributed by atoms with Gasteiger partial charge < -0.3 is 5.11 Å². The fraction of sp³-hybridized carbons (Fsp3) is 0.312. The van der Waals surface area contributed by atoms with Crippen molar-refractivity contribution in [1.29, 1.82) is 0 Å². The number of aromatic carboxylic acids is 1. The molecular formula is C16H15NO3. The second kappa shape index (κ2) is 5.04. The molecule has 1 fully saturated rings. The van der Waals surface area contributed by atoms with Crippen LogP contribution in [0, 0.1) is 0 Å². The Balaban J connectivity index is 2.16. The molecule has 1 aromatic carbocycles. The van der Waals surface area contributed by atoms with Gasteiger partial charge in [-0.05, 0) is 25.0 Å². The van der Waals surface area contributed by atoms with Crippen molar-refractivity contribution in [2.75, 3.05) is 0 Å². The van der Waals surface area contributed by atoms with Gasteiger partial charge in [0, 0.05) is 11.8 Å². The predicted octanol–water partition coefficient (Wildman–Crippen LogP) is 3.16. The van der Waals surface area contributed by atoms with Crippen LogP contribution in [-0.4, -0.2) is 21.8 Å². The van der Waals surface area contributed by atoms with E-state index in [0.29, 0.717) is 23.0 Å². The minimum Gasteiger partial charge on any atom is -0.478 e. The summed E-state index contributed by atoms with van der Waals surface area (Å²) in [5.74, 6) is -1.05. The van der Waals surface area contributed by atoms with Crippen LogP contribution in [0.1, 0.15) is 47.7 Å². The van der Waals surface area contributed by atoms with Crippen LogP contribution in [0.4, 0.5) is 0 Å². The Morgan fingerprint density at radius 2 is 2.05 bits per heavy atom. The Hall–Kier alpha value is -2.23. The summed E-state index contributed by atoms with van der Waals surface area (Å²) >= 11 is 0. The molecule has 0 amide bonds. The van der Waals surface area contributed by atoms with Crippen LogP contribution in [0.15, 0.2) is 30.3 Å². The van der Waals surface area contributed by atoms with E-state index in [4.69, 9.17) is 0 Å². The SMILES string of the molecule is O=C(O)c1cc(C2CCCCC2=O)nc2ccccc12. The van der Waals surface area contributed by atoms with Crippen molar-refractivity contribution in [2.45, 2.75) is 31.6 Å². The number of hydrogen-bond acceptors (Lipinski definition) is 3. The number of carboxylic acids is 1. The largest absolute Gasteiger partial charge is 0.478 e. The molecule has 1 saturated carbocycles. The second-order valence-corrected chi connectivity index (χ2v) is 5.18. The normalized spacial score (nSPS) is 19.2. The van der Waals surface area contributed by atoms with E-state index in [-0.39, 0.29) is 17.3 Å². The van der Waals surface area contributed by atoms with Gasteiger partial charge in [0.25, 0.3) is 0 Å². The Labute approximate surface area is 116 Å². The number of rotatable bonds is 2. The third-order valence-corrected chi connectivity index (χ3v) is 3.88. The van der Waals surface area contributed by atoms with E-state index in [1.807, 2.05) is 6.07 Å². The summed E-state index contributed by atoms with van der Waals surface area (Å²) in [7, 11) is 0. The molecule has 1 aromatic heterocycles. The monoisotopic (exact) mass is 269 g/mol. The Morgan fingerprint density at radius 3 is 2.80 bits per heavy atom. The molecule has 2 aromatic rings. The van der Waals surface area contributed by atoms with E-state index < -0.39 is 5.97 Å². The molecule has 20 heavy (non-hydrogen) atoms. The number of Topliss-reactive ketones (excluding diaryl/α,β-unsaturated/α-hetero) is 1. The Kier molecular flexibility index (Phi) is 3.22. The maximum Gasteiger partial charge on any atom is 0.336 e. The van der Waals surface area contributed by atoms with E-state index in [9.17, 15) is 14.7 Å². The maximum atomic E-state index is 12.0. The molecule has 1 N–H and O–H groups in total. The van der Waals surface area contributed by atoms with Crippen molar-refractivity contribution in [3.05, 3.63) is 41.6 Å². The van der Waals surface area contributed by atoms with Gasteiger partial charge in [-0.15, -0.1) is 0 Å². The number of para-hydroxylation sites is 1. The Bertz CT molecular complexity index is 693. The second-order valence-electron chi connectivity index (χ2n) is 5.18. The number of ketones is 1. The molecule has 1 unspecified atom stereocenters. The topological polar surface area (TPSA) is 67.3 Å². The summed E-state index contributed by atoms with van der Waals surface area (Å²) in [6.07, 6.45) is 3.26. The maximum absolute atomic E-state index is 12.0. The van der Waals surface area contributed by atoms with Gasteiger partial charge in [0.1, 0.15) is 5.78 Å². The van der Waals surface area contributed by atoms with Gasteiger partial charge in [0.15, 0.2) is 0 Å². The molecule has 0 saturated heterocycles. The van der Waals surface area contributed by atoms with Crippen LogP contribution in [0.5, 0.6) is 0 Å². The number of carboxylic acid groups (broad SMARTS) is 1. The van der Waals surface area contributed by atoms with Crippen molar-refractivity contribution in [3.8, 4) is 0 Å². The summed E-state index contributed by atoms with van der Waals surface area (Å²) in [5.41, 5.74) is 1.47. The lowest BCUT2D eigenvalue weighted by Gasteiger charge is -2.20. The predicted molar refractivity (Wildman–Crippen MR) is 74.9 cm³/mol. The zero-order valence-corrected chi connectivity index (χ0v) is 11.0. The molecule has 1 aliphatic rings. The summed E-state index contributed by atoms with van der Waals surface area (Å²) in [6.45, 7) is 0. The summed E-state index contributed by atoms with van der Waals surface area (Å²) in [6, 6.07) is 8.73. The summed E-state index contributed by atoms with van der Waals surface area (Å²) < 4.78 is 0. The molecule has 0 bridgehead atoms. The van der Waals surface area contributed by atoms with E-state index in [0.717, 1.165) is 19.3 Å². The molecule has 1 atom stereocenters. The van der Waals surface area contributed by atoms with E-state index in [1.54, 1.807) is 24.3 Å². The van der Waals surface area contributed by atoms with Crippen LogP contribution < -0.4 is 0 Å². The number of benzene rings is 1. The third kappa shape index (κ3) is 2.18. The van der Waals surface area contributed by atoms with Crippen molar-refractivity contribution in [2.24, 2.45) is 0 Å². The summed E-state index contributed by atoms with van der Waals surface area (Å²) in [4.78, 5) is 28.0. The average Bonchev–Trinajstić information content (AvgIpc) is 2.46. The zero-order chi connectivity index (χ0) is 14.1. The van der Waals surface area contributed by atoms with E-state index >= 15 is 0 Å². The Morgan fingerprint density at radius 1 is 1.25 bits per heavy atom. The number of hydrogen-bond donors (Lipinski definition) is 1. The number of nitrogens with zero attached hydrogens (tertiary/aromatic N) is 1. The molecular weight excluding hydrogens is 254 g/mol. The first-order valence-electron chi connectivity index (χ1n) is 6.82. The quantitative estimate of drug-likeness (QED) is 0.909. The van der Waals surface area contributed by atoms with E-state index in [2.05, 4.69) is 4.98 Å². The number of aromatic nitrogens is 1. The minimum absolute atomic E-state index is 0.176. The minimum atomic E-state index is -0.979. The zero-order valence-electron chi connectivity index (χ0n) is 11.0. The summed E-state index contributed by atoms with van der Waals surface area (Å²) in [5, 5.41) is 9.98. The first kappa shape index (κ1) is 12.8. The number of fused-ring (bicyclic) bond motifs is 1. The van der Waals surface area contributed by atoms with Gasteiger partial charge in [-0.1, -0.05) is 24.6 Å². The van der Waals surface area contributed by atoms with Gasteiger partial charge in [-0.3, -0.25) is 9.78 Å². The van der Waals surface area contributed by atoms with Crippen LogP contribution in [0.3, 0.4) is 0 Å². The molecule has 0 spiro atoms. The molecule has 0 aliphatic heterocycles. The third-order valence-electron chi connectivity index (χ3n) is 3.88. The van der Waals surface area contributed by atoms with Crippen molar-refractivity contribution in [3.63, 3.8) is 0 Å². The lowest BCUT2D eigenvalue weighted by Crippen LogP contribution is -2.18. The number of carbonyl (C=O) groups is 2. The number of carbonyl (C=O) groups excluding carboxylic acids is 1. The highest BCUT2D eigenvalue weighted by Gasteiger charge is 2.26. The van der Waals surface area contributed by atoms with Gasteiger partial charge in [0.05, 0.1) is 22.7 Å². The first-order valence-corrected chi connectivity index (χ1v) is 6.82. The highest BCUT2D eigenvalue weighted by Crippen LogP contribution is 2.31. The standard InChI is InChI=1S/C16H15NO3/c18-15-8-4-2-6-11(15)14-9-12(16(19)20)10-5-1-3-7-13(10)17-14/h1,3,5,7,9,11H,2,4,6,8H2,(H,19,20). The molecule has 102 valence electrons.